The van der Waals surface area contributed by atoms with Gasteiger partial charge in [-0.05, 0) is 41.4 Å². The minimum atomic E-state index is 0.509. The summed E-state index contributed by atoms with van der Waals surface area (Å²) in [5.74, 6) is 0.803. The van der Waals surface area contributed by atoms with Crippen molar-refractivity contribution in [2.45, 2.75) is 53.9 Å². The first-order valence-corrected chi connectivity index (χ1v) is 5.92. The molecular weight excluding hydrogens is 168 g/mol. The average molecular weight is 192 g/mol. The summed E-state index contributed by atoms with van der Waals surface area (Å²) in [7, 11) is 0. The fourth-order valence-electron chi connectivity index (χ4n) is 4.04. The number of allylic oxidation sites excluding steroid dienone is 1. The van der Waals surface area contributed by atoms with Gasteiger partial charge in [-0.2, -0.15) is 0 Å². The highest BCUT2D eigenvalue weighted by molar-refractivity contribution is 5.28. The van der Waals surface area contributed by atoms with E-state index >= 15 is 0 Å². The Bertz CT molecular complexity index is 274. The summed E-state index contributed by atoms with van der Waals surface area (Å²) in [6, 6.07) is 0. The maximum absolute atomic E-state index is 4.10. The molecule has 2 fully saturated rings. The molecule has 2 saturated carbocycles. The Morgan fingerprint density at radius 2 is 1.64 bits per heavy atom. The minimum absolute atomic E-state index is 0.509. The molecule has 0 radical (unpaired) electrons. The molecule has 0 aromatic carbocycles. The van der Waals surface area contributed by atoms with Crippen molar-refractivity contribution < 1.29 is 0 Å². The first-order chi connectivity index (χ1) is 6.25. The Hall–Kier alpha value is -0.260. The van der Waals surface area contributed by atoms with E-state index in [4.69, 9.17) is 0 Å². The van der Waals surface area contributed by atoms with Gasteiger partial charge in [-0.3, -0.25) is 0 Å². The Morgan fingerprint density at radius 3 is 1.93 bits per heavy atom. The van der Waals surface area contributed by atoms with E-state index in [0.717, 1.165) is 5.92 Å². The lowest BCUT2D eigenvalue weighted by molar-refractivity contribution is -0.231. The van der Waals surface area contributed by atoms with Crippen molar-refractivity contribution in [1.82, 2.24) is 0 Å². The number of rotatable bonds is 1. The molecule has 14 heavy (non-hydrogen) atoms. The van der Waals surface area contributed by atoms with Crippen LogP contribution in [0.3, 0.4) is 0 Å². The van der Waals surface area contributed by atoms with Crippen molar-refractivity contribution >= 4 is 0 Å². The smallest absolute Gasteiger partial charge is 0.0161 e. The highest BCUT2D eigenvalue weighted by atomic mass is 14.7. The lowest BCUT2D eigenvalue weighted by atomic mass is 9.30. The summed E-state index contributed by atoms with van der Waals surface area (Å²) in [6.45, 7) is 16.3. The fourth-order valence-corrected chi connectivity index (χ4v) is 4.04. The van der Waals surface area contributed by atoms with E-state index in [2.05, 4.69) is 41.2 Å². The zero-order valence-electron chi connectivity index (χ0n) is 10.4. The second-order valence-corrected chi connectivity index (χ2v) is 6.76. The van der Waals surface area contributed by atoms with Crippen molar-refractivity contribution in [3.05, 3.63) is 12.2 Å². The third-order valence-electron chi connectivity index (χ3n) is 5.91. The minimum Gasteiger partial charge on any atom is -0.0998 e. The third-order valence-corrected chi connectivity index (χ3v) is 5.91. The Labute approximate surface area is 88.8 Å². The second kappa shape index (κ2) is 2.46. The predicted octanol–water partition coefficient (Wildman–Crippen LogP) is 4.42. The normalized spacial score (nSPS) is 38.3. The van der Waals surface area contributed by atoms with Crippen LogP contribution in [0.15, 0.2) is 12.2 Å². The van der Waals surface area contributed by atoms with Crippen LogP contribution in [0.2, 0.25) is 0 Å². The largest absolute Gasteiger partial charge is 0.0998 e. The molecule has 1 spiro atoms. The zero-order valence-corrected chi connectivity index (χ0v) is 10.4. The average Bonchev–Trinajstić information content (AvgIpc) is 2.00. The van der Waals surface area contributed by atoms with Crippen molar-refractivity contribution in [2.75, 3.05) is 0 Å². The molecule has 0 saturated heterocycles. The monoisotopic (exact) mass is 192 g/mol. The molecule has 80 valence electrons. The summed E-state index contributed by atoms with van der Waals surface area (Å²) >= 11 is 0. The SMILES string of the molecule is C=C1CC2(C1)CC(C)(C(C)C)C2(C)C. The first kappa shape index (κ1) is 10.3. The Morgan fingerprint density at radius 1 is 1.14 bits per heavy atom. The van der Waals surface area contributed by atoms with Crippen LogP contribution in [0.25, 0.3) is 0 Å². The molecule has 0 heterocycles. The van der Waals surface area contributed by atoms with Crippen LogP contribution in [0.5, 0.6) is 0 Å². The molecule has 2 aliphatic carbocycles. The molecule has 0 aromatic rings. The lowest BCUT2D eigenvalue weighted by Crippen LogP contribution is -2.66. The summed E-state index contributed by atoms with van der Waals surface area (Å²) in [5, 5.41) is 0. The van der Waals surface area contributed by atoms with Gasteiger partial charge in [-0.1, -0.05) is 46.8 Å². The lowest BCUT2D eigenvalue weighted by Gasteiger charge is -2.74. The molecule has 2 rings (SSSR count). The quantitative estimate of drug-likeness (QED) is 0.540. The van der Waals surface area contributed by atoms with Gasteiger partial charge in [0, 0.05) is 0 Å². The van der Waals surface area contributed by atoms with Crippen molar-refractivity contribution in [3.63, 3.8) is 0 Å². The summed E-state index contributed by atoms with van der Waals surface area (Å²) in [4.78, 5) is 0. The van der Waals surface area contributed by atoms with E-state index in [-0.39, 0.29) is 0 Å². The molecule has 1 atom stereocenters. The van der Waals surface area contributed by atoms with Crippen LogP contribution in [0, 0.1) is 22.2 Å². The summed E-state index contributed by atoms with van der Waals surface area (Å²) < 4.78 is 0. The number of hydrogen-bond acceptors (Lipinski definition) is 0. The topological polar surface area (TPSA) is 0 Å². The van der Waals surface area contributed by atoms with E-state index in [1.807, 2.05) is 0 Å². The van der Waals surface area contributed by atoms with Gasteiger partial charge in [0.25, 0.3) is 0 Å². The molecule has 1 unspecified atom stereocenters. The van der Waals surface area contributed by atoms with Crippen molar-refractivity contribution in [3.8, 4) is 0 Å². The maximum Gasteiger partial charge on any atom is -0.0161 e. The van der Waals surface area contributed by atoms with Gasteiger partial charge in [-0.15, -0.1) is 0 Å². The van der Waals surface area contributed by atoms with Crippen LogP contribution in [0.4, 0.5) is 0 Å². The highest BCUT2D eigenvalue weighted by Crippen LogP contribution is 2.77. The molecule has 2 aliphatic rings. The van der Waals surface area contributed by atoms with E-state index in [1.165, 1.54) is 24.8 Å². The van der Waals surface area contributed by atoms with Gasteiger partial charge in [0.2, 0.25) is 0 Å². The first-order valence-electron chi connectivity index (χ1n) is 5.92. The van der Waals surface area contributed by atoms with Gasteiger partial charge in [0.15, 0.2) is 0 Å². The molecule has 0 amide bonds. The van der Waals surface area contributed by atoms with E-state index in [9.17, 15) is 0 Å². The number of hydrogen-bond donors (Lipinski definition) is 0. The van der Waals surface area contributed by atoms with E-state index in [0.29, 0.717) is 16.2 Å². The summed E-state index contributed by atoms with van der Waals surface area (Å²) in [5.41, 5.74) is 3.16. The van der Waals surface area contributed by atoms with Gasteiger partial charge in [-0.25, -0.2) is 0 Å². The van der Waals surface area contributed by atoms with Crippen LogP contribution >= 0.6 is 0 Å². The van der Waals surface area contributed by atoms with Gasteiger partial charge in [0.1, 0.15) is 0 Å². The fraction of sp³-hybridized carbons (Fsp3) is 0.857. The predicted molar refractivity (Wildman–Crippen MR) is 62.2 cm³/mol. The van der Waals surface area contributed by atoms with E-state index in [1.54, 1.807) is 0 Å². The van der Waals surface area contributed by atoms with Crippen LogP contribution < -0.4 is 0 Å². The van der Waals surface area contributed by atoms with Gasteiger partial charge < -0.3 is 0 Å². The van der Waals surface area contributed by atoms with Crippen LogP contribution in [-0.2, 0) is 0 Å². The Balaban J connectivity index is 2.22. The summed E-state index contributed by atoms with van der Waals surface area (Å²) in [6.07, 6.45) is 4.01. The highest BCUT2D eigenvalue weighted by Gasteiger charge is 2.69. The van der Waals surface area contributed by atoms with E-state index < -0.39 is 0 Å². The molecule has 0 bridgehead atoms. The molecule has 0 heteroatoms. The molecule has 0 aromatic heterocycles. The standard InChI is InChI=1S/C14H24/c1-10(2)13(6)9-14(12(13,4)5)7-11(3)8-14/h10H,3,7-9H2,1-2,4-6H3. The molecular formula is C14H24. The maximum atomic E-state index is 4.10. The van der Waals surface area contributed by atoms with Crippen LogP contribution in [0.1, 0.15) is 53.9 Å². The molecule has 0 N–H and O–H groups in total. The van der Waals surface area contributed by atoms with Crippen molar-refractivity contribution in [2.24, 2.45) is 22.2 Å². The van der Waals surface area contributed by atoms with Gasteiger partial charge in [0.05, 0.1) is 0 Å². The third kappa shape index (κ3) is 0.857. The Kier molecular flexibility index (Phi) is 1.80. The molecule has 0 nitrogen and oxygen atoms in total. The van der Waals surface area contributed by atoms with Gasteiger partial charge >= 0.3 is 0 Å². The second-order valence-electron chi connectivity index (χ2n) is 6.76. The molecule has 0 aliphatic heterocycles. The van der Waals surface area contributed by atoms with Crippen molar-refractivity contribution in [1.29, 1.82) is 0 Å². The zero-order chi connectivity index (χ0) is 10.8. The van der Waals surface area contributed by atoms with Crippen LogP contribution in [-0.4, -0.2) is 0 Å².